The van der Waals surface area contributed by atoms with Gasteiger partial charge in [-0.3, -0.25) is 15.0 Å². The first kappa shape index (κ1) is 15.2. The summed E-state index contributed by atoms with van der Waals surface area (Å²) in [7, 11) is 0. The zero-order valence-corrected chi connectivity index (χ0v) is 14.8. The van der Waals surface area contributed by atoms with Crippen LogP contribution in [-0.2, 0) is 0 Å². The Labute approximate surface area is 155 Å². The summed E-state index contributed by atoms with van der Waals surface area (Å²) in [6.45, 7) is 0. The molecular formula is C18H10N4O2S2. The molecule has 0 bridgehead atoms. The number of amides is 2. The highest BCUT2D eigenvalue weighted by Gasteiger charge is 2.36. The van der Waals surface area contributed by atoms with Crippen molar-refractivity contribution in [3.63, 3.8) is 0 Å². The van der Waals surface area contributed by atoms with E-state index in [1.54, 1.807) is 35.6 Å². The van der Waals surface area contributed by atoms with E-state index in [0.717, 1.165) is 25.7 Å². The molecule has 1 aliphatic rings. The molecule has 126 valence electrons. The summed E-state index contributed by atoms with van der Waals surface area (Å²) in [6, 6.07) is 10.8. The lowest BCUT2D eigenvalue weighted by Gasteiger charge is -2.16. The van der Waals surface area contributed by atoms with Crippen molar-refractivity contribution in [2.45, 2.75) is 0 Å². The second-order valence-corrected chi connectivity index (χ2v) is 7.44. The summed E-state index contributed by atoms with van der Waals surface area (Å²) >= 11 is 3.11. The molecular weight excluding hydrogens is 368 g/mol. The van der Waals surface area contributed by atoms with E-state index in [0.29, 0.717) is 16.9 Å². The molecule has 0 atom stereocenters. The van der Waals surface area contributed by atoms with Crippen LogP contribution in [-0.4, -0.2) is 26.8 Å². The summed E-state index contributed by atoms with van der Waals surface area (Å²) in [5.41, 5.74) is 4.68. The molecule has 0 saturated carbocycles. The molecule has 6 nitrogen and oxygen atoms in total. The lowest BCUT2D eigenvalue weighted by atomic mass is 10.1. The minimum Gasteiger partial charge on any atom is -0.271 e. The molecule has 0 radical (unpaired) electrons. The van der Waals surface area contributed by atoms with Crippen molar-refractivity contribution in [2.24, 2.45) is 0 Å². The minimum atomic E-state index is -0.384. The van der Waals surface area contributed by atoms with Gasteiger partial charge >= 0.3 is 0 Å². The Kier molecular flexibility index (Phi) is 3.34. The van der Waals surface area contributed by atoms with Crippen LogP contribution in [0.15, 0.2) is 53.5 Å². The highest BCUT2D eigenvalue weighted by molar-refractivity contribution is 7.18. The van der Waals surface area contributed by atoms with Crippen molar-refractivity contribution in [2.75, 3.05) is 5.43 Å². The number of benzene rings is 1. The predicted octanol–water partition coefficient (Wildman–Crippen LogP) is 4.04. The van der Waals surface area contributed by atoms with Gasteiger partial charge in [0.25, 0.3) is 11.8 Å². The summed E-state index contributed by atoms with van der Waals surface area (Å²) in [5.74, 6) is -0.329. The minimum absolute atomic E-state index is 0.384. The molecule has 4 heterocycles. The van der Waals surface area contributed by atoms with Gasteiger partial charge in [-0.25, -0.2) is 9.97 Å². The summed E-state index contributed by atoms with van der Waals surface area (Å²) in [5, 5.41) is 5.83. The summed E-state index contributed by atoms with van der Waals surface area (Å²) < 4.78 is 0. The van der Waals surface area contributed by atoms with Gasteiger partial charge in [-0.2, -0.15) is 5.01 Å². The number of hydrogen-bond donors (Lipinski definition) is 1. The lowest BCUT2D eigenvalue weighted by molar-refractivity contribution is 0.0691. The van der Waals surface area contributed by atoms with Crippen molar-refractivity contribution >= 4 is 50.5 Å². The summed E-state index contributed by atoms with van der Waals surface area (Å²) in [6.07, 6.45) is 1.43. The monoisotopic (exact) mass is 378 g/mol. The first-order valence-electron chi connectivity index (χ1n) is 7.74. The average molecular weight is 378 g/mol. The number of nitrogens with one attached hydrogen (secondary N) is 1. The third-order valence-corrected chi connectivity index (χ3v) is 5.96. The predicted molar refractivity (Wildman–Crippen MR) is 101 cm³/mol. The summed E-state index contributed by atoms with van der Waals surface area (Å²) in [4.78, 5) is 35.7. The van der Waals surface area contributed by atoms with Crippen LogP contribution in [0.1, 0.15) is 20.7 Å². The number of rotatable bonds is 3. The number of anilines is 1. The van der Waals surface area contributed by atoms with Gasteiger partial charge in [0, 0.05) is 15.8 Å². The molecule has 2 amide bonds. The van der Waals surface area contributed by atoms with Crippen LogP contribution in [0.2, 0.25) is 0 Å². The van der Waals surface area contributed by atoms with E-state index < -0.39 is 0 Å². The Balaban J connectivity index is 1.60. The third kappa shape index (κ3) is 2.16. The number of hydrogen-bond acceptors (Lipinski definition) is 7. The molecule has 1 aliphatic heterocycles. The zero-order valence-electron chi connectivity index (χ0n) is 13.2. The lowest BCUT2D eigenvalue weighted by Crippen LogP contribution is -2.35. The van der Waals surface area contributed by atoms with Gasteiger partial charge in [0.15, 0.2) is 5.82 Å². The number of hydrazine groups is 1. The van der Waals surface area contributed by atoms with Crippen LogP contribution >= 0.6 is 22.7 Å². The third-order valence-electron chi connectivity index (χ3n) is 4.17. The van der Waals surface area contributed by atoms with E-state index in [-0.39, 0.29) is 11.8 Å². The van der Waals surface area contributed by atoms with Crippen molar-refractivity contribution in [3.05, 3.63) is 64.6 Å². The van der Waals surface area contributed by atoms with Crippen molar-refractivity contribution in [3.8, 4) is 10.4 Å². The Morgan fingerprint density at radius 1 is 0.885 bits per heavy atom. The Bertz CT molecular complexity index is 1130. The number of carbonyl (C=O) groups is 2. The number of aromatic nitrogens is 2. The number of fused-ring (bicyclic) bond motifs is 2. The molecule has 0 fully saturated rings. The maximum Gasteiger partial charge on any atom is 0.280 e. The van der Waals surface area contributed by atoms with Crippen LogP contribution in [0.4, 0.5) is 5.82 Å². The molecule has 0 aliphatic carbocycles. The van der Waals surface area contributed by atoms with E-state index in [2.05, 4.69) is 15.4 Å². The number of thiophene rings is 2. The van der Waals surface area contributed by atoms with E-state index in [9.17, 15) is 9.59 Å². The van der Waals surface area contributed by atoms with Gasteiger partial charge in [-0.1, -0.05) is 18.2 Å². The standard InChI is InChI=1S/C18H10N4O2S2/c23-17-10-4-1-2-5-11(10)18(24)22(17)21-15-14-12(13-6-3-7-25-13)8-26-16(14)20-9-19-15/h1-9H,(H,19,20,21). The van der Waals surface area contributed by atoms with Crippen LogP contribution in [0.25, 0.3) is 20.7 Å². The molecule has 26 heavy (non-hydrogen) atoms. The molecule has 4 aromatic rings. The smallest absolute Gasteiger partial charge is 0.271 e. The van der Waals surface area contributed by atoms with Gasteiger partial charge in [-0.05, 0) is 23.6 Å². The zero-order chi connectivity index (χ0) is 17.7. The van der Waals surface area contributed by atoms with Crippen molar-refractivity contribution in [1.82, 2.24) is 15.0 Å². The fourth-order valence-corrected chi connectivity index (χ4v) is 4.70. The van der Waals surface area contributed by atoms with Crippen LogP contribution in [0, 0.1) is 0 Å². The Morgan fingerprint density at radius 2 is 1.65 bits per heavy atom. The maximum atomic E-state index is 12.6. The second-order valence-electron chi connectivity index (χ2n) is 5.63. The molecule has 1 N–H and O–H groups in total. The normalized spacial score (nSPS) is 13.5. The Hall–Kier alpha value is -3.10. The van der Waals surface area contributed by atoms with Crippen molar-refractivity contribution in [1.29, 1.82) is 0 Å². The van der Waals surface area contributed by atoms with Gasteiger partial charge in [0.05, 0.1) is 16.5 Å². The van der Waals surface area contributed by atoms with E-state index in [4.69, 9.17) is 0 Å². The molecule has 0 spiro atoms. The number of imide groups is 1. The van der Waals surface area contributed by atoms with Gasteiger partial charge in [0.1, 0.15) is 11.2 Å². The van der Waals surface area contributed by atoms with Crippen molar-refractivity contribution < 1.29 is 9.59 Å². The maximum absolute atomic E-state index is 12.6. The van der Waals surface area contributed by atoms with E-state index in [1.165, 1.54) is 17.7 Å². The molecule has 0 saturated heterocycles. The van der Waals surface area contributed by atoms with Crippen LogP contribution in [0.3, 0.4) is 0 Å². The fourth-order valence-electron chi connectivity index (χ4n) is 2.97. The first-order valence-corrected chi connectivity index (χ1v) is 9.50. The topological polar surface area (TPSA) is 75.2 Å². The largest absolute Gasteiger partial charge is 0.280 e. The van der Waals surface area contributed by atoms with E-state index in [1.807, 2.05) is 22.9 Å². The number of nitrogens with zero attached hydrogens (tertiary/aromatic N) is 3. The van der Waals surface area contributed by atoms with Crippen LogP contribution < -0.4 is 5.43 Å². The van der Waals surface area contributed by atoms with E-state index >= 15 is 0 Å². The van der Waals surface area contributed by atoms with Gasteiger partial charge < -0.3 is 0 Å². The molecule has 5 rings (SSSR count). The van der Waals surface area contributed by atoms with Gasteiger partial charge in [-0.15, -0.1) is 22.7 Å². The van der Waals surface area contributed by atoms with Gasteiger partial charge in [0.2, 0.25) is 0 Å². The molecule has 1 aromatic carbocycles. The Morgan fingerprint density at radius 3 is 2.35 bits per heavy atom. The average Bonchev–Trinajstić information content (AvgIpc) is 3.38. The highest BCUT2D eigenvalue weighted by atomic mass is 32.1. The SMILES string of the molecule is O=C1c2ccccc2C(=O)N1Nc1ncnc2scc(-c3cccs3)c12. The number of carbonyl (C=O) groups excluding carboxylic acids is 2. The van der Waals surface area contributed by atoms with Crippen LogP contribution in [0.5, 0.6) is 0 Å². The molecule has 3 aromatic heterocycles. The second kappa shape index (κ2) is 5.72. The highest BCUT2D eigenvalue weighted by Crippen LogP contribution is 2.38. The molecule has 0 unspecified atom stereocenters. The molecule has 8 heteroatoms. The quantitative estimate of drug-likeness (QED) is 0.545. The fraction of sp³-hybridized carbons (Fsp3) is 0. The first-order chi connectivity index (χ1) is 12.7.